The van der Waals surface area contributed by atoms with Crippen LogP contribution in [0, 0.1) is 6.92 Å². The van der Waals surface area contributed by atoms with Crippen molar-refractivity contribution in [2.24, 2.45) is 7.05 Å². The van der Waals surface area contributed by atoms with E-state index in [9.17, 15) is 9.59 Å². The summed E-state index contributed by atoms with van der Waals surface area (Å²) in [6, 6.07) is 28.4. The fraction of sp³-hybridized carbons (Fsp3) is 0.143. The minimum Gasteiger partial charge on any atom is -0.344 e. The zero-order valence-corrected chi connectivity index (χ0v) is 19.2. The summed E-state index contributed by atoms with van der Waals surface area (Å²) in [6.07, 6.45) is 0. The first-order valence-corrected chi connectivity index (χ1v) is 11.2. The molecule has 1 aliphatic heterocycles. The van der Waals surface area contributed by atoms with Gasteiger partial charge in [-0.15, -0.1) is 0 Å². The predicted octanol–water partition coefficient (Wildman–Crippen LogP) is 6.09. The number of benzene rings is 3. The Morgan fingerprint density at radius 1 is 0.848 bits per heavy atom. The number of amides is 1. The van der Waals surface area contributed by atoms with Gasteiger partial charge in [0.2, 0.25) is 11.7 Å². The molecule has 0 unspecified atom stereocenters. The van der Waals surface area contributed by atoms with E-state index in [-0.39, 0.29) is 23.7 Å². The molecule has 0 N–H and O–H groups in total. The van der Waals surface area contributed by atoms with Gasteiger partial charge in [-0.05, 0) is 48.9 Å². The summed E-state index contributed by atoms with van der Waals surface area (Å²) >= 11 is 6.07. The summed E-state index contributed by atoms with van der Waals surface area (Å²) in [5.41, 5.74) is 4.99. The highest BCUT2D eigenvalue weighted by Gasteiger charge is 2.50. The van der Waals surface area contributed by atoms with Crippen LogP contribution in [-0.4, -0.2) is 16.3 Å². The lowest BCUT2D eigenvalue weighted by atomic mass is 9.79. The first-order chi connectivity index (χ1) is 16.0. The van der Waals surface area contributed by atoms with E-state index in [2.05, 4.69) is 0 Å². The Hall–Kier alpha value is -3.63. The van der Waals surface area contributed by atoms with Crippen LogP contribution in [0.15, 0.2) is 91.0 Å². The number of carbonyl (C=O) groups is 2. The SMILES string of the molecule is Cc1ccc(C(=O)c2ccc([C@H]3C(=O)N(c4ccc(Cl)cc4)[C@@H]3c3ccccc3)n2C)cc1. The van der Waals surface area contributed by atoms with Crippen molar-refractivity contribution in [2.75, 3.05) is 4.90 Å². The van der Waals surface area contributed by atoms with Crippen molar-refractivity contribution in [1.82, 2.24) is 4.57 Å². The van der Waals surface area contributed by atoms with Gasteiger partial charge in [0.05, 0.1) is 11.7 Å². The maximum Gasteiger partial charge on any atom is 0.239 e. The molecular formula is C28H23ClN2O2. The van der Waals surface area contributed by atoms with Crippen LogP contribution in [0.3, 0.4) is 0 Å². The van der Waals surface area contributed by atoms with Crippen molar-refractivity contribution in [2.45, 2.75) is 18.9 Å². The van der Waals surface area contributed by atoms with E-state index in [1.807, 2.05) is 102 Å². The summed E-state index contributed by atoms with van der Waals surface area (Å²) in [6.45, 7) is 1.99. The van der Waals surface area contributed by atoms with Crippen molar-refractivity contribution < 1.29 is 9.59 Å². The Morgan fingerprint density at radius 2 is 1.52 bits per heavy atom. The molecule has 1 saturated heterocycles. The van der Waals surface area contributed by atoms with Crippen LogP contribution in [0.1, 0.15) is 44.8 Å². The van der Waals surface area contributed by atoms with E-state index in [0.717, 1.165) is 22.5 Å². The highest BCUT2D eigenvalue weighted by molar-refractivity contribution is 6.30. The van der Waals surface area contributed by atoms with Crippen molar-refractivity contribution >= 4 is 29.0 Å². The second-order valence-corrected chi connectivity index (χ2v) is 8.85. The summed E-state index contributed by atoms with van der Waals surface area (Å²) in [7, 11) is 1.86. The fourth-order valence-corrected chi connectivity index (χ4v) is 4.70. The molecule has 1 fully saturated rings. The number of aromatic nitrogens is 1. The van der Waals surface area contributed by atoms with Gasteiger partial charge in [-0.25, -0.2) is 0 Å². The third-order valence-corrected chi connectivity index (χ3v) is 6.62. The molecule has 0 saturated carbocycles. The molecule has 1 aromatic heterocycles. The van der Waals surface area contributed by atoms with Crippen LogP contribution < -0.4 is 4.90 Å². The zero-order chi connectivity index (χ0) is 23.1. The average molecular weight is 455 g/mol. The third-order valence-electron chi connectivity index (χ3n) is 6.37. The van der Waals surface area contributed by atoms with Gasteiger partial charge in [-0.3, -0.25) is 9.59 Å². The molecule has 0 spiro atoms. The standard InChI is InChI=1S/C28H23ClN2O2/c1-18-8-10-20(11-9-18)27(32)24-17-16-23(30(24)2)25-26(19-6-4-3-5-7-19)31(28(25)33)22-14-12-21(29)13-15-22/h3-17,25-26H,1-2H3/t25-,26-/m1/s1. The maximum atomic E-state index is 13.5. The molecule has 2 atom stereocenters. The second kappa shape index (κ2) is 8.38. The third kappa shape index (κ3) is 3.66. The quantitative estimate of drug-likeness (QED) is 0.270. The van der Waals surface area contributed by atoms with Gasteiger partial charge >= 0.3 is 0 Å². The van der Waals surface area contributed by atoms with Crippen LogP contribution in [0.25, 0.3) is 0 Å². The predicted molar refractivity (Wildman–Crippen MR) is 131 cm³/mol. The molecule has 2 heterocycles. The van der Waals surface area contributed by atoms with Crippen molar-refractivity contribution in [1.29, 1.82) is 0 Å². The molecule has 164 valence electrons. The minimum absolute atomic E-state index is 0.00158. The summed E-state index contributed by atoms with van der Waals surface area (Å²) in [5, 5.41) is 0.626. The number of carbonyl (C=O) groups excluding carboxylic acids is 2. The van der Waals surface area contributed by atoms with E-state index in [1.165, 1.54) is 0 Å². The fourth-order valence-electron chi connectivity index (χ4n) is 4.58. The van der Waals surface area contributed by atoms with Crippen LogP contribution in [0.5, 0.6) is 0 Å². The number of rotatable bonds is 5. The molecule has 3 aromatic carbocycles. The topological polar surface area (TPSA) is 42.3 Å². The van der Waals surface area contributed by atoms with Crippen molar-refractivity contribution in [3.05, 3.63) is 124 Å². The summed E-state index contributed by atoms with van der Waals surface area (Å²) < 4.78 is 1.86. The number of β-lactam (4-membered cyclic amide) rings is 1. The van der Waals surface area contributed by atoms with E-state index < -0.39 is 0 Å². The molecular weight excluding hydrogens is 432 g/mol. The average Bonchev–Trinajstić information content (AvgIpc) is 3.20. The lowest BCUT2D eigenvalue weighted by Gasteiger charge is -2.47. The van der Waals surface area contributed by atoms with Gasteiger partial charge < -0.3 is 9.47 Å². The van der Waals surface area contributed by atoms with E-state index >= 15 is 0 Å². The highest BCUT2D eigenvalue weighted by Crippen LogP contribution is 2.49. The number of ketones is 1. The maximum absolute atomic E-state index is 13.5. The van der Waals surface area contributed by atoms with E-state index in [1.54, 1.807) is 12.1 Å². The molecule has 0 aliphatic carbocycles. The molecule has 1 amide bonds. The van der Waals surface area contributed by atoms with Gasteiger partial charge in [0, 0.05) is 29.0 Å². The zero-order valence-electron chi connectivity index (χ0n) is 18.4. The Labute approximate surface area is 198 Å². The molecule has 5 rings (SSSR count). The van der Waals surface area contributed by atoms with E-state index in [0.29, 0.717) is 16.3 Å². The molecule has 4 nitrogen and oxygen atoms in total. The summed E-state index contributed by atoms with van der Waals surface area (Å²) in [5.74, 6) is -0.435. The molecule has 0 radical (unpaired) electrons. The van der Waals surface area contributed by atoms with Gasteiger partial charge in [0.25, 0.3) is 0 Å². The molecule has 1 aliphatic rings. The number of aryl methyl sites for hydroxylation is 1. The monoisotopic (exact) mass is 454 g/mol. The first-order valence-electron chi connectivity index (χ1n) is 10.9. The van der Waals surface area contributed by atoms with Crippen LogP contribution >= 0.6 is 11.6 Å². The molecule has 5 heteroatoms. The van der Waals surface area contributed by atoms with Crippen molar-refractivity contribution in [3.63, 3.8) is 0 Å². The Bertz CT molecular complexity index is 1320. The van der Waals surface area contributed by atoms with E-state index in [4.69, 9.17) is 11.6 Å². The number of anilines is 1. The minimum atomic E-state index is -0.382. The van der Waals surface area contributed by atoms with Gasteiger partial charge in [-0.2, -0.15) is 0 Å². The summed E-state index contributed by atoms with van der Waals surface area (Å²) in [4.78, 5) is 28.4. The molecule has 4 aromatic rings. The highest BCUT2D eigenvalue weighted by atomic mass is 35.5. The smallest absolute Gasteiger partial charge is 0.239 e. The molecule has 33 heavy (non-hydrogen) atoms. The lowest BCUT2D eigenvalue weighted by molar-refractivity contribution is -0.126. The first kappa shape index (κ1) is 21.2. The van der Waals surface area contributed by atoms with Crippen LogP contribution in [-0.2, 0) is 11.8 Å². The second-order valence-electron chi connectivity index (χ2n) is 8.42. The molecule has 0 bridgehead atoms. The van der Waals surface area contributed by atoms with Gasteiger partial charge in [-0.1, -0.05) is 71.8 Å². The number of halogens is 1. The normalized spacial score (nSPS) is 17.7. The Balaban J connectivity index is 1.53. The number of nitrogens with zero attached hydrogens (tertiary/aromatic N) is 2. The Morgan fingerprint density at radius 3 is 2.18 bits per heavy atom. The largest absolute Gasteiger partial charge is 0.344 e. The van der Waals surface area contributed by atoms with Crippen LogP contribution in [0.4, 0.5) is 5.69 Å². The number of hydrogen-bond donors (Lipinski definition) is 0. The van der Waals surface area contributed by atoms with Gasteiger partial charge in [0.1, 0.15) is 5.92 Å². The Kier molecular flexibility index (Phi) is 5.39. The van der Waals surface area contributed by atoms with Gasteiger partial charge in [0.15, 0.2) is 0 Å². The van der Waals surface area contributed by atoms with Crippen molar-refractivity contribution in [3.8, 4) is 0 Å². The lowest BCUT2D eigenvalue weighted by Crippen LogP contribution is -2.54. The number of hydrogen-bond acceptors (Lipinski definition) is 2. The van der Waals surface area contributed by atoms with Crippen LogP contribution in [0.2, 0.25) is 5.02 Å².